The number of aryl methyl sites for hydroxylation is 1. The van der Waals surface area contributed by atoms with Crippen molar-refractivity contribution in [2.24, 2.45) is 0 Å². The first-order chi connectivity index (χ1) is 12.2. The average Bonchev–Trinajstić information content (AvgIpc) is 2.57. The maximum absolute atomic E-state index is 12.6. The molecule has 0 aliphatic heterocycles. The van der Waals surface area contributed by atoms with E-state index < -0.39 is 22.0 Å². The third-order valence-corrected chi connectivity index (χ3v) is 5.74. The molecule has 2 aromatic carbocycles. The van der Waals surface area contributed by atoms with Gasteiger partial charge >= 0.3 is 0 Å². The van der Waals surface area contributed by atoms with Crippen LogP contribution in [0.4, 0.5) is 5.69 Å². The molecule has 6 nitrogen and oxygen atoms in total. The van der Waals surface area contributed by atoms with E-state index in [1.54, 1.807) is 37.3 Å². The fourth-order valence-corrected chi connectivity index (χ4v) is 4.14. The highest BCUT2D eigenvalue weighted by Crippen LogP contribution is 2.30. The predicted octanol–water partition coefficient (Wildman–Crippen LogP) is 3.62. The van der Waals surface area contributed by atoms with Gasteiger partial charge in [-0.05, 0) is 43.7 Å². The predicted molar refractivity (Wildman–Crippen MR) is 103 cm³/mol. The second-order valence-electron chi connectivity index (χ2n) is 5.58. The number of hydrogen-bond acceptors (Lipinski definition) is 4. The Morgan fingerprint density at radius 1 is 1.15 bits per heavy atom. The maximum atomic E-state index is 12.6. The van der Waals surface area contributed by atoms with Gasteiger partial charge in [0.2, 0.25) is 15.9 Å². The van der Waals surface area contributed by atoms with Crippen molar-refractivity contribution in [2.75, 3.05) is 12.4 Å². The van der Waals surface area contributed by atoms with Gasteiger partial charge in [-0.1, -0.05) is 35.3 Å². The lowest BCUT2D eigenvalue weighted by Crippen LogP contribution is -2.41. The number of carbonyl (C=O) groups is 1. The minimum absolute atomic E-state index is 0.0459. The van der Waals surface area contributed by atoms with Crippen LogP contribution in [0.25, 0.3) is 0 Å². The van der Waals surface area contributed by atoms with E-state index >= 15 is 0 Å². The molecule has 140 valence electrons. The molecule has 0 unspecified atom stereocenters. The fourth-order valence-electron chi connectivity index (χ4n) is 2.19. The van der Waals surface area contributed by atoms with E-state index in [2.05, 4.69) is 10.0 Å². The Morgan fingerprint density at radius 2 is 1.77 bits per heavy atom. The van der Waals surface area contributed by atoms with Crippen molar-refractivity contribution < 1.29 is 17.9 Å². The molecule has 0 aliphatic carbocycles. The maximum Gasteiger partial charge on any atom is 0.244 e. The molecular weight excluding hydrogens is 399 g/mol. The molecule has 2 N–H and O–H groups in total. The minimum Gasteiger partial charge on any atom is -0.495 e. The average molecular weight is 417 g/mol. The number of amides is 1. The number of ether oxygens (including phenoxy) is 1. The molecule has 1 amide bonds. The summed E-state index contributed by atoms with van der Waals surface area (Å²) in [5.74, 6) is -0.417. The lowest BCUT2D eigenvalue weighted by Gasteiger charge is -2.17. The van der Waals surface area contributed by atoms with Gasteiger partial charge in [-0.25, -0.2) is 8.42 Å². The lowest BCUT2D eigenvalue weighted by molar-refractivity contribution is -0.117. The number of carbonyl (C=O) groups excluding carboxylic acids is 1. The number of rotatable bonds is 6. The largest absolute Gasteiger partial charge is 0.495 e. The first-order valence-corrected chi connectivity index (χ1v) is 9.81. The third-order valence-electron chi connectivity index (χ3n) is 3.54. The van der Waals surface area contributed by atoms with Crippen LogP contribution >= 0.6 is 23.2 Å². The first-order valence-electron chi connectivity index (χ1n) is 7.57. The normalized spacial score (nSPS) is 12.5. The first kappa shape index (κ1) is 20.5. The third kappa shape index (κ3) is 4.67. The van der Waals surface area contributed by atoms with Crippen LogP contribution in [-0.4, -0.2) is 27.5 Å². The molecule has 0 spiro atoms. The van der Waals surface area contributed by atoms with E-state index in [-0.39, 0.29) is 26.4 Å². The molecule has 0 bridgehead atoms. The Balaban J connectivity index is 2.22. The zero-order chi connectivity index (χ0) is 19.5. The summed E-state index contributed by atoms with van der Waals surface area (Å²) in [6.45, 7) is 3.17. The SMILES string of the molecule is COc1ccc(C)cc1S(=O)(=O)N[C@@H](C)C(=O)Nc1c(Cl)cccc1Cl. The molecule has 1 atom stereocenters. The van der Waals surface area contributed by atoms with Crippen molar-refractivity contribution >= 4 is 44.8 Å². The Kier molecular flexibility index (Phi) is 6.52. The van der Waals surface area contributed by atoms with Gasteiger partial charge in [-0.15, -0.1) is 0 Å². The van der Waals surface area contributed by atoms with Crippen LogP contribution in [0.15, 0.2) is 41.3 Å². The smallest absolute Gasteiger partial charge is 0.244 e. The molecule has 9 heteroatoms. The van der Waals surface area contributed by atoms with Gasteiger partial charge in [-0.3, -0.25) is 4.79 Å². The second-order valence-corrected chi connectivity index (χ2v) is 8.08. The van der Waals surface area contributed by atoms with E-state index in [1.165, 1.54) is 20.1 Å². The summed E-state index contributed by atoms with van der Waals surface area (Å²) in [6, 6.07) is 8.45. The van der Waals surface area contributed by atoms with E-state index in [1.807, 2.05) is 0 Å². The number of anilines is 1. The van der Waals surface area contributed by atoms with Crippen LogP contribution in [-0.2, 0) is 14.8 Å². The molecular formula is C17H18Cl2N2O4S. The molecule has 0 heterocycles. The molecule has 0 saturated carbocycles. The van der Waals surface area contributed by atoms with Gasteiger partial charge in [0.15, 0.2) is 0 Å². The molecule has 26 heavy (non-hydrogen) atoms. The lowest BCUT2D eigenvalue weighted by atomic mass is 10.2. The summed E-state index contributed by atoms with van der Waals surface area (Å²) in [5, 5.41) is 3.03. The molecule has 2 rings (SSSR count). The van der Waals surface area contributed by atoms with Crippen molar-refractivity contribution in [1.29, 1.82) is 0 Å². The van der Waals surface area contributed by atoms with Gasteiger partial charge in [0, 0.05) is 0 Å². The van der Waals surface area contributed by atoms with Crippen LogP contribution in [0.2, 0.25) is 10.0 Å². The van der Waals surface area contributed by atoms with E-state index in [0.29, 0.717) is 0 Å². The number of benzene rings is 2. The highest BCUT2D eigenvalue weighted by atomic mass is 35.5. The zero-order valence-corrected chi connectivity index (χ0v) is 16.7. The van der Waals surface area contributed by atoms with Gasteiger partial charge < -0.3 is 10.1 Å². The van der Waals surface area contributed by atoms with E-state index in [9.17, 15) is 13.2 Å². The highest BCUT2D eigenvalue weighted by Gasteiger charge is 2.26. The van der Waals surface area contributed by atoms with Crippen molar-refractivity contribution in [3.63, 3.8) is 0 Å². The molecule has 0 fully saturated rings. The fraction of sp³-hybridized carbons (Fsp3) is 0.235. The Hall–Kier alpha value is -1.80. The van der Waals surface area contributed by atoms with Gasteiger partial charge in [0.25, 0.3) is 0 Å². The number of hydrogen-bond donors (Lipinski definition) is 2. The monoisotopic (exact) mass is 416 g/mol. The van der Waals surface area contributed by atoms with Gasteiger partial charge in [0.1, 0.15) is 10.6 Å². The van der Waals surface area contributed by atoms with Crippen molar-refractivity contribution in [3.05, 3.63) is 52.0 Å². The summed E-state index contributed by atoms with van der Waals surface area (Å²) in [7, 11) is -2.61. The molecule has 0 radical (unpaired) electrons. The number of methoxy groups -OCH3 is 1. The van der Waals surface area contributed by atoms with Crippen molar-refractivity contribution in [2.45, 2.75) is 24.8 Å². The quantitative estimate of drug-likeness (QED) is 0.752. The van der Waals surface area contributed by atoms with E-state index in [0.717, 1.165) is 5.56 Å². The molecule has 0 aromatic heterocycles. The number of halogens is 2. The number of para-hydroxylation sites is 1. The van der Waals surface area contributed by atoms with Crippen LogP contribution in [0.1, 0.15) is 12.5 Å². The summed E-state index contributed by atoms with van der Waals surface area (Å²) >= 11 is 12.0. The Labute approximate surface area is 162 Å². The minimum atomic E-state index is -3.98. The van der Waals surface area contributed by atoms with Crippen LogP contribution < -0.4 is 14.8 Å². The van der Waals surface area contributed by atoms with Gasteiger partial charge in [-0.2, -0.15) is 4.72 Å². The summed E-state index contributed by atoms with van der Waals surface area (Å²) in [6.07, 6.45) is 0. The molecule has 0 saturated heterocycles. The van der Waals surface area contributed by atoms with Gasteiger partial charge in [0.05, 0.1) is 28.9 Å². The molecule has 2 aromatic rings. The summed E-state index contributed by atoms with van der Waals surface area (Å²) in [5.41, 5.74) is 0.964. The number of nitrogens with one attached hydrogen (secondary N) is 2. The number of sulfonamides is 1. The summed E-state index contributed by atoms with van der Waals surface area (Å²) < 4.78 is 32.7. The Bertz CT molecular complexity index is 912. The molecule has 0 aliphatic rings. The topological polar surface area (TPSA) is 84.5 Å². The standard InChI is InChI=1S/C17H18Cl2N2O4S/c1-10-7-8-14(25-3)15(9-10)26(23,24)21-11(2)17(22)20-16-12(18)5-4-6-13(16)19/h4-9,11,21H,1-3H3,(H,20,22)/t11-/m0/s1. The van der Waals surface area contributed by atoms with Crippen molar-refractivity contribution in [1.82, 2.24) is 4.72 Å². The van der Waals surface area contributed by atoms with Crippen LogP contribution in [0.5, 0.6) is 5.75 Å². The van der Waals surface area contributed by atoms with Crippen molar-refractivity contribution in [3.8, 4) is 5.75 Å². The summed E-state index contributed by atoms with van der Waals surface area (Å²) in [4.78, 5) is 12.3. The highest BCUT2D eigenvalue weighted by molar-refractivity contribution is 7.89. The van der Waals surface area contributed by atoms with Crippen LogP contribution in [0.3, 0.4) is 0 Å². The van der Waals surface area contributed by atoms with E-state index in [4.69, 9.17) is 27.9 Å². The van der Waals surface area contributed by atoms with Crippen LogP contribution in [0, 0.1) is 6.92 Å². The second kappa shape index (κ2) is 8.26. The Morgan fingerprint density at radius 3 is 2.35 bits per heavy atom. The zero-order valence-electron chi connectivity index (χ0n) is 14.3.